The summed E-state index contributed by atoms with van der Waals surface area (Å²) in [5.74, 6) is 1.87. The van der Waals surface area contributed by atoms with Gasteiger partial charge in [0.15, 0.2) is 10.9 Å². The first kappa shape index (κ1) is 14.8. The van der Waals surface area contributed by atoms with Gasteiger partial charge in [-0.1, -0.05) is 17.8 Å². The first-order chi connectivity index (χ1) is 10.1. The standard InChI is InChI=1S/C16H23N3OS/c1-11(2)19-16(21-10-12-8-9-12)17-15(20)14(18-19)13-6-4-3-5-7-13/h6,11-12H,3-5,7-10H2,1-2H3. The van der Waals surface area contributed by atoms with Crippen molar-refractivity contribution in [1.29, 1.82) is 0 Å². The summed E-state index contributed by atoms with van der Waals surface area (Å²) >= 11 is 1.69. The molecule has 5 heteroatoms. The van der Waals surface area contributed by atoms with Crippen LogP contribution in [0.2, 0.25) is 0 Å². The van der Waals surface area contributed by atoms with E-state index in [2.05, 4.69) is 30.0 Å². The molecule has 1 fully saturated rings. The van der Waals surface area contributed by atoms with Crippen LogP contribution < -0.4 is 5.56 Å². The number of hydrogen-bond donors (Lipinski definition) is 0. The van der Waals surface area contributed by atoms with Gasteiger partial charge >= 0.3 is 0 Å². The van der Waals surface area contributed by atoms with Crippen molar-refractivity contribution in [3.8, 4) is 0 Å². The highest BCUT2D eigenvalue weighted by molar-refractivity contribution is 7.99. The number of rotatable bonds is 5. The molecule has 3 rings (SSSR count). The van der Waals surface area contributed by atoms with Crippen molar-refractivity contribution in [1.82, 2.24) is 14.8 Å². The molecular formula is C16H23N3OS. The Hall–Kier alpha value is -1.10. The maximum atomic E-state index is 12.3. The Morgan fingerprint density at radius 1 is 1.38 bits per heavy atom. The van der Waals surface area contributed by atoms with Crippen LogP contribution in [0.25, 0.3) is 5.57 Å². The highest BCUT2D eigenvalue weighted by Crippen LogP contribution is 2.34. The van der Waals surface area contributed by atoms with E-state index in [0.29, 0.717) is 5.69 Å². The van der Waals surface area contributed by atoms with E-state index in [1.54, 1.807) is 11.8 Å². The number of hydrogen-bond acceptors (Lipinski definition) is 4. The number of nitrogens with zero attached hydrogens (tertiary/aromatic N) is 3. The van der Waals surface area contributed by atoms with Crippen LogP contribution in [0.15, 0.2) is 16.0 Å². The van der Waals surface area contributed by atoms with Gasteiger partial charge in [0.05, 0.1) is 0 Å². The summed E-state index contributed by atoms with van der Waals surface area (Å²) in [5.41, 5.74) is 1.50. The average molecular weight is 305 g/mol. The molecule has 0 N–H and O–H groups in total. The normalized spacial score (nSPS) is 18.9. The van der Waals surface area contributed by atoms with Crippen LogP contribution in [0.3, 0.4) is 0 Å². The summed E-state index contributed by atoms with van der Waals surface area (Å²) in [6.45, 7) is 4.19. The first-order valence-corrected chi connectivity index (χ1v) is 8.97. The second-order valence-electron chi connectivity index (χ2n) is 6.32. The van der Waals surface area contributed by atoms with Crippen molar-refractivity contribution in [3.05, 3.63) is 22.1 Å². The van der Waals surface area contributed by atoms with Crippen molar-refractivity contribution in [2.24, 2.45) is 5.92 Å². The van der Waals surface area contributed by atoms with E-state index in [1.807, 2.05) is 4.68 Å². The lowest BCUT2D eigenvalue weighted by Gasteiger charge is -2.17. The fraction of sp³-hybridized carbons (Fsp3) is 0.688. The van der Waals surface area contributed by atoms with Gasteiger partial charge in [0, 0.05) is 11.8 Å². The van der Waals surface area contributed by atoms with Crippen LogP contribution in [-0.2, 0) is 0 Å². The molecule has 2 aliphatic carbocycles. The highest BCUT2D eigenvalue weighted by atomic mass is 32.2. The second-order valence-corrected chi connectivity index (χ2v) is 7.30. The maximum absolute atomic E-state index is 12.3. The molecule has 0 aromatic carbocycles. The van der Waals surface area contributed by atoms with Gasteiger partial charge in [-0.2, -0.15) is 10.1 Å². The lowest BCUT2D eigenvalue weighted by molar-refractivity contribution is 0.449. The smallest absolute Gasteiger partial charge is 0.265 e. The van der Waals surface area contributed by atoms with Crippen molar-refractivity contribution in [2.45, 2.75) is 63.6 Å². The molecule has 0 saturated heterocycles. The Morgan fingerprint density at radius 3 is 2.81 bits per heavy atom. The van der Waals surface area contributed by atoms with Crippen LogP contribution in [0.1, 0.15) is 64.1 Å². The number of thioether (sulfide) groups is 1. The Kier molecular flexibility index (Phi) is 4.48. The number of aromatic nitrogens is 3. The van der Waals surface area contributed by atoms with Gasteiger partial charge < -0.3 is 0 Å². The van der Waals surface area contributed by atoms with E-state index in [9.17, 15) is 4.79 Å². The predicted molar refractivity (Wildman–Crippen MR) is 86.6 cm³/mol. The largest absolute Gasteiger partial charge is 0.300 e. The lowest BCUT2D eigenvalue weighted by Crippen LogP contribution is -2.24. The lowest BCUT2D eigenvalue weighted by atomic mass is 9.97. The average Bonchev–Trinajstić information content (AvgIpc) is 3.30. The molecule has 4 nitrogen and oxygen atoms in total. The second kappa shape index (κ2) is 6.34. The molecule has 0 unspecified atom stereocenters. The molecular weight excluding hydrogens is 282 g/mol. The summed E-state index contributed by atoms with van der Waals surface area (Å²) in [4.78, 5) is 16.7. The van der Waals surface area contributed by atoms with Crippen molar-refractivity contribution in [3.63, 3.8) is 0 Å². The van der Waals surface area contributed by atoms with Gasteiger partial charge in [-0.3, -0.25) is 4.79 Å². The summed E-state index contributed by atoms with van der Waals surface area (Å²) in [7, 11) is 0. The van der Waals surface area contributed by atoms with Crippen molar-refractivity contribution in [2.75, 3.05) is 5.75 Å². The van der Waals surface area contributed by atoms with E-state index in [-0.39, 0.29) is 11.6 Å². The van der Waals surface area contributed by atoms with E-state index in [1.165, 1.54) is 19.3 Å². The minimum Gasteiger partial charge on any atom is -0.265 e. The molecule has 1 heterocycles. The van der Waals surface area contributed by atoms with Gasteiger partial charge in [-0.05, 0) is 63.9 Å². The van der Waals surface area contributed by atoms with E-state index < -0.39 is 0 Å². The van der Waals surface area contributed by atoms with Crippen molar-refractivity contribution >= 4 is 17.3 Å². The Morgan fingerprint density at radius 2 is 2.19 bits per heavy atom. The zero-order chi connectivity index (χ0) is 14.8. The topological polar surface area (TPSA) is 47.8 Å². The van der Waals surface area contributed by atoms with E-state index >= 15 is 0 Å². The summed E-state index contributed by atoms with van der Waals surface area (Å²) in [6.07, 6.45) is 9.16. The van der Waals surface area contributed by atoms with E-state index in [0.717, 1.165) is 41.7 Å². The SMILES string of the molecule is CC(C)n1nc(C2=CCCCC2)c(=O)nc1SCC1CC1. The third kappa shape index (κ3) is 3.57. The summed E-state index contributed by atoms with van der Waals surface area (Å²) in [6, 6.07) is 0.225. The molecule has 1 aromatic heterocycles. The molecule has 2 aliphatic rings. The van der Waals surface area contributed by atoms with Crippen LogP contribution in [0.4, 0.5) is 0 Å². The first-order valence-electron chi connectivity index (χ1n) is 7.98. The third-order valence-corrected chi connectivity index (χ3v) is 5.21. The molecule has 21 heavy (non-hydrogen) atoms. The van der Waals surface area contributed by atoms with Gasteiger partial charge in [0.1, 0.15) is 0 Å². The minimum absolute atomic E-state index is 0.154. The predicted octanol–water partition coefficient (Wildman–Crippen LogP) is 3.68. The zero-order valence-electron chi connectivity index (χ0n) is 12.8. The Bertz CT molecular complexity index is 602. The molecule has 0 amide bonds. The maximum Gasteiger partial charge on any atom is 0.300 e. The molecule has 0 atom stereocenters. The van der Waals surface area contributed by atoms with Gasteiger partial charge in [0.25, 0.3) is 5.56 Å². The molecule has 0 radical (unpaired) electrons. The van der Waals surface area contributed by atoms with Gasteiger partial charge in [-0.25, -0.2) is 4.68 Å². The summed E-state index contributed by atoms with van der Waals surface area (Å²) in [5, 5.41) is 5.43. The third-order valence-electron chi connectivity index (χ3n) is 4.03. The molecule has 114 valence electrons. The minimum atomic E-state index is -0.154. The fourth-order valence-corrected chi connectivity index (χ4v) is 3.80. The zero-order valence-corrected chi connectivity index (χ0v) is 13.7. The summed E-state index contributed by atoms with van der Waals surface area (Å²) < 4.78 is 1.93. The molecule has 0 aliphatic heterocycles. The highest BCUT2D eigenvalue weighted by Gasteiger charge is 2.23. The molecule has 1 saturated carbocycles. The van der Waals surface area contributed by atoms with Crippen LogP contribution in [-0.4, -0.2) is 20.5 Å². The van der Waals surface area contributed by atoms with Crippen LogP contribution in [0, 0.1) is 5.92 Å². The monoisotopic (exact) mass is 305 g/mol. The Balaban J connectivity index is 1.92. The quantitative estimate of drug-likeness (QED) is 0.779. The molecule has 0 bridgehead atoms. The van der Waals surface area contributed by atoms with E-state index in [4.69, 9.17) is 0 Å². The van der Waals surface area contributed by atoms with Crippen LogP contribution in [0.5, 0.6) is 0 Å². The van der Waals surface area contributed by atoms with Gasteiger partial charge in [-0.15, -0.1) is 0 Å². The van der Waals surface area contributed by atoms with Crippen molar-refractivity contribution < 1.29 is 0 Å². The van der Waals surface area contributed by atoms with Crippen LogP contribution >= 0.6 is 11.8 Å². The fourth-order valence-electron chi connectivity index (χ4n) is 2.55. The molecule has 1 aromatic rings. The van der Waals surface area contributed by atoms with Gasteiger partial charge in [0.2, 0.25) is 0 Å². The number of allylic oxidation sites excluding steroid dienone is 2. The molecule has 0 spiro atoms. The Labute approximate surface area is 130 Å².